The lowest BCUT2D eigenvalue weighted by atomic mass is 11.0. The van der Waals surface area contributed by atoms with Crippen molar-refractivity contribution in [2.75, 3.05) is 83.8 Å². The Morgan fingerprint density at radius 3 is 1.85 bits per heavy atom. The molecule has 0 fully saturated rings. The molecule has 0 aliphatic carbocycles. The topological polar surface area (TPSA) is 169 Å². The Hall–Kier alpha value is 2.32. The Morgan fingerprint density at radius 2 is 1.22 bits per heavy atom. The highest BCUT2D eigenvalue weighted by molar-refractivity contribution is 8.24. The predicted octanol–water partition coefficient (Wildman–Crippen LogP) is 4.81. The number of nitrogens with one attached hydrogen (secondary N) is 2. The van der Waals surface area contributed by atoms with Gasteiger partial charge in [-0.1, -0.05) is 35.3 Å². The van der Waals surface area contributed by atoms with Crippen LogP contribution < -0.4 is 10.6 Å². The molecular formula is C19H36N4O6S12. The molecule has 2 amide bonds. The highest BCUT2D eigenvalue weighted by atomic mass is 32.3. The Labute approximate surface area is 292 Å². The zero-order chi connectivity index (χ0) is 30.2. The molecule has 4 N–H and O–H groups in total. The monoisotopic (exact) mass is 800 g/mol. The second kappa shape index (κ2) is 35.2. The first-order chi connectivity index (χ1) is 20.0. The molecule has 10 nitrogen and oxygen atoms in total. The summed E-state index contributed by atoms with van der Waals surface area (Å²) in [6.45, 7) is 0. The van der Waals surface area contributed by atoms with Gasteiger partial charge in [-0.3, -0.25) is 9.59 Å². The SMILES string of the molecule is O=C(NCSCSC/N=C/[S+]([O-])CSCO)SCCSCSCC[S+]([O-])/C=N/CSCSCNC(=O)SCSCO. The van der Waals surface area contributed by atoms with Crippen molar-refractivity contribution in [3.8, 4) is 0 Å². The molecule has 0 aromatic rings. The van der Waals surface area contributed by atoms with Crippen LogP contribution in [0.2, 0.25) is 0 Å². The van der Waals surface area contributed by atoms with E-state index in [1.165, 1.54) is 46.4 Å². The van der Waals surface area contributed by atoms with E-state index >= 15 is 0 Å². The normalized spacial score (nSPS) is 13.2. The fourth-order valence-corrected chi connectivity index (χ4v) is 11.9. The van der Waals surface area contributed by atoms with Crippen molar-refractivity contribution >= 4 is 162 Å². The fourth-order valence-electron chi connectivity index (χ4n) is 1.78. The van der Waals surface area contributed by atoms with Crippen LogP contribution in [0.1, 0.15) is 0 Å². The number of nitrogens with zero attached hydrogens (tertiary/aromatic N) is 2. The number of thioether (sulfide) groups is 10. The quantitative estimate of drug-likeness (QED) is 0.0280. The van der Waals surface area contributed by atoms with Gasteiger partial charge < -0.3 is 30.0 Å². The van der Waals surface area contributed by atoms with Gasteiger partial charge in [0.15, 0.2) is 5.08 Å². The van der Waals surface area contributed by atoms with Gasteiger partial charge in [0.2, 0.25) is 11.1 Å². The Bertz CT molecular complexity index is 692. The summed E-state index contributed by atoms with van der Waals surface area (Å²) < 4.78 is 23.4. The van der Waals surface area contributed by atoms with E-state index in [-0.39, 0.29) is 22.4 Å². The zero-order valence-corrected chi connectivity index (χ0v) is 31.9. The average Bonchev–Trinajstić information content (AvgIpc) is 2.96. The molecular weight excluding hydrogens is 765 g/mol. The minimum absolute atomic E-state index is 0.0127. The fraction of sp³-hybridized carbons (Fsp3) is 0.789. The van der Waals surface area contributed by atoms with Gasteiger partial charge in [0.05, 0.1) is 40.5 Å². The van der Waals surface area contributed by atoms with Crippen LogP contribution in [0.25, 0.3) is 0 Å². The van der Waals surface area contributed by atoms with Gasteiger partial charge in [0.25, 0.3) is 10.5 Å². The minimum Gasteiger partial charge on any atom is -0.611 e. The molecule has 0 saturated carbocycles. The van der Waals surface area contributed by atoms with Crippen LogP contribution in [0.3, 0.4) is 0 Å². The molecule has 0 aromatic heterocycles. The third-order valence-electron chi connectivity index (χ3n) is 3.40. The van der Waals surface area contributed by atoms with Crippen molar-refractivity contribution in [2.45, 2.75) is 0 Å². The number of carbonyl (C=O) groups is 2. The highest BCUT2D eigenvalue weighted by Crippen LogP contribution is 2.17. The van der Waals surface area contributed by atoms with Gasteiger partial charge in [-0.25, -0.2) is 9.98 Å². The lowest BCUT2D eigenvalue weighted by molar-refractivity contribution is 0.261. The van der Waals surface area contributed by atoms with Gasteiger partial charge in [0, 0.05) is 43.7 Å². The van der Waals surface area contributed by atoms with Gasteiger partial charge in [-0.15, -0.1) is 70.6 Å². The van der Waals surface area contributed by atoms with Crippen LogP contribution in [0.15, 0.2) is 9.98 Å². The third kappa shape index (κ3) is 35.0. The second-order valence-corrected chi connectivity index (χ2v) is 20.9. The van der Waals surface area contributed by atoms with Crippen LogP contribution in [0.5, 0.6) is 0 Å². The third-order valence-corrected chi connectivity index (χ3v) is 16.0. The summed E-state index contributed by atoms with van der Waals surface area (Å²) in [5.41, 5.74) is 2.92. The molecule has 0 aliphatic rings. The van der Waals surface area contributed by atoms with Gasteiger partial charge in [0.1, 0.15) is 5.75 Å². The van der Waals surface area contributed by atoms with Crippen molar-refractivity contribution in [2.24, 2.45) is 9.98 Å². The van der Waals surface area contributed by atoms with Gasteiger partial charge in [-0.05, 0) is 11.2 Å². The number of aliphatic hydroxyl groups is 2. The first-order valence-electron chi connectivity index (χ1n) is 11.4. The smallest absolute Gasteiger partial charge is 0.280 e. The zero-order valence-electron chi connectivity index (χ0n) is 22.1. The van der Waals surface area contributed by atoms with E-state index in [0.29, 0.717) is 39.4 Å². The largest absolute Gasteiger partial charge is 0.611 e. The molecule has 41 heavy (non-hydrogen) atoms. The molecule has 2 unspecified atom stereocenters. The molecule has 2 atom stereocenters. The van der Waals surface area contributed by atoms with Gasteiger partial charge >= 0.3 is 0 Å². The number of aliphatic imine (C=N–C) groups is 2. The van der Waals surface area contributed by atoms with E-state index in [9.17, 15) is 18.7 Å². The molecule has 22 heteroatoms. The second-order valence-electron chi connectivity index (χ2n) is 6.40. The van der Waals surface area contributed by atoms with Crippen LogP contribution in [0.4, 0.5) is 9.59 Å². The maximum Gasteiger partial charge on any atom is 0.280 e. The Kier molecular flexibility index (Phi) is 37.2. The summed E-state index contributed by atoms with van der Waals surface area (Å²) >= 11 is 12.5. The molecule has 0 bridgehead atoms. The molecule has 0 rings (SSSR count). The molecule has 0 spiro atoms. The lowest BCUT2D eigenvalue weighted by Gasteiger charge is -2.06. The average molecular weight is 801 g/mol. The van der Waals surface area contributed by atoms with Crippen LogP contribution >= 0.6 is 118 Å². The van der Waals surface area contributed by atoms with Crippen molar-refractivity contribution < 1.29 is 28.9 Å². The van der Waals surface area contributed by atoms with Crippen molar-refractivity contribution in [3.63, 3.8) is 0 Å². The first kappa shape index (κ1) is 43.3. The molecule has 0 saturated heterocycles. The molecule has 0 radical (unpaired) electrons. The standard InChI is InChI=1S/C19H36N4O6S12/c24-11-36-16-39-19(27)23-8-35-14-32-5-20-9-40(28)4-3-31-13-30-1-2-38-18(26)22-7-34-15-33-6-21-10-41(29)17-37-12-25/h9-10,24-25H,1-8,11-17H2,(H,22,26)(H,23,27)/b20-9+,21-10+. The predicted molar refractivity (Wildman–Crippen MR) is 204 cm³/mol. The van der Waals surface area contributed by atoms with Crippen molar-refractivity contribution in [1.29, 1.82) is 0 Å². The van der Waals surface area contributed by atoms with E-state index in [1.807, 2.05) is 0 Å². The number of amides is 2. The van der Waals surface area contributed by atoms with Crippen molar-refractivity contribution in [1.82, 2.24) is 10.6 Å². The number of aliphatic hydroxyl groups excluding tert-OH is 2. The number of rotatable bonds is 28. The number of hydrogen-bond acceptors (Lipinski definition) is 18. The summed E-state index contributed by atoms with van der Waals surface area (Å²) in [5, 5.41) is 26.1. The van der Waals surface area contributed by atoms with Crippen LogP contribution in [-0.4, -0.2) is 125 Å². The summed E-state index contributed by atoms with van der Waals surface area (Å²) in [7, 11) is 0. The van der Waals surface area contributed by atoms with Crippen molar-refractivity contribution in [3.05, 3.63) is 0 Å². The highest BCUT2D eigenvalue weighted by Gasteiger charge is 2.05. The van der Waals surface area contributed by atoms with E-state index in [0.717, 1.165) is 44.3 Å². The van der Waals surface area contributed by atoms with E-state index in [2.05, 4.69) is 20.6 Å². The summed E-state index contributed by atoms with van der Waals surface area (Å²) in [4.78, 5) is 31.6. The van der Waals surface area contributed by atoms with Gasteiger partial charge in [-0.2, -0.15) is 11.8 Å². The molecule has 0 aromatic carbocycles. The van der Waals surface area contributed by atoms with Crippen LogP contribution in [-0.2, 0) is 22.4 Å². The Morgan fingerprint density at radius 1 is 0.659 bits per heavy atom. The maximum atomic E-state index is 12.0. The summed E-state index contributed by atoms with van der Waals surface area (Å²) in [5.74, 6) is 5.04. The molecule has 240 valence electrons. The van der Waals surface area contributed by atoms with E-state index in [1.54, 1.807) is 70.6 Å². The summed E-state index contributed by atoms with van der Waals surface area (Å²) in [6.07, 6.45) is 0. The molecule has 0 aliphatic heterocycles. The molecule has 0 heterocycles. The number of carbonyl (C=O) groups excluding carboxylic acids is 2. The summed E-state index contributed by atoms with van der Waals surface area (Å²) in [6, 6.07) is 0. The minimum atomic E-state index is -1.15. The lowest BCUT2D eigenvalue weighted by Crippen LogP contribution is -2.18. The van der Waals surface area contributed by atoms with Crippen LogP contribution in [0, 0.1) is 0 Å². The Balaban J connectivity index is 3.43. The van der Waals surface area contributed by atoms with E-state index < -0.39 is 22.4 Å². The first-order valence-corrected chi connectivity index (χ1v) is 25.4. The number of hydrogen-bond donors (Lipinski definition) is 4. The maximum absolute atomic E-state index is 12.0. The van der Waals surface area contributed by atoms with E-state index in [4.69, 9.17) is 10.2 Å².